The minimum absolute atomic E-state index is 0.0882. The predicted octanol–water partition coefficient (Wildman–Crippen LogP) is 0.408. The third kappa shape index (κ3) is 2.22. The second kappa shape index (κ2) is 6.51. The second-order valence-electron chi connectivity index (χ2n) is 4.81. The molecule has 0 radical (unpaired) electrons. The number of carbonyl (C=O) groups is 3. The number of methoxy groups -OCH3 is 5. The van der Waals surface area contributed by atoms with E-state index in [0.29, 0.717) is 0 Å². The van der Waals surface area contributed by atoms with E-state index in [-0.39, 0.29) is 6.42 Å². The largest absolute Gasteiger partial charge is 0.469 e. The highest BCUT2D eigenvalue weighted by Crippen LogP contribution is 2.66. The number of halogens is 1. The Bertz CT molecular complexity index is 475. The lowest BCUT2D eigenvalue weighted by molar-refractivity contribution is -0.314. The van der Waals surface area contributed by atoms with Gasteiger partial charge in [-0.2, -0.15) is 0 Å². The molecule has 1 fully saturated rings. The van der Waals surface area contributed by atoms with Crippen LogP contribution in [-0.2, 0) is 38.1 Å². The topological polar surface area (TPSA) is 97.4 Å². The van der Waals surface area contributed by atoms with E-state index in [1.54, 1.807) is 0 Å². The number of carbonyl (C=O) groups excluding carboxylic acids is 3. The van der Waals surface area contributed by atoms with Crippen molar-refractivity contribution in [3.63, 3.8) is 0 Å². The number of hydrogen-bond acceptors (Lipinski definition) is 8. The fourth-order valence-electron chi connectivity index (χ4n) is 2.88. The summed E-state index contributed by atoms with van der Waals surface area (Å²) in [5, 5.41) is 0. The van der Waals surface area contributed by atoms with Gasteiger partial charge < -0.3 is 23.7 Å². The Hall–Kier alpha value is -1.19. The van der Waals surface area contributed by atoms with Crippen LogP contribution in [0.5, 0.6) is 0 Å². The molecule has 2 unspecified atom stereocenters. The van der Waals surface area contributed by atoms with Crippen molar-refractivity contribution in [2.75, 3.05) is 35.5 Å². The molecule has 1 saturated carbocycles. The van der Waals surface area contributed by atoms with E-state index in [1.165, 1.54) is 21.3 Å². The fraction of sp³-hybridized carbons (Fsp3) is 0.769. The van der Waals surface area contributed by atoms with E-state index in [9.17, 15) is 14.4 Å². The second-order valence-corrected chi connectivity index (χ2v) is 6.00. The van der Waals surface area contributed by atoms with E-state index in [4.69, 9.17) is 18.9 Å². The first-order valence-electron chi connectivity index (χ1n) is 6.28. The van der Waals surface area contributed by atoms with E-state index < -0.39 is 39.9 Å². The van der Waals surface area contributed by atoms with Crippen LogP contribution in [0.25, 0.3) is 0 Å². The number of ether oxygens (including phenoxy) is 5. The van der Waals surface area contributed by atoms with Gasteiger partial charge in [-0.1, -0.05) is 15.9 Å². The zero-order valence-corrected chi connectivity index (χ0v) is 14.6. The van der Waals surface area contributed by atoms with Crippen molar-refractivity contribution in [3.05, 3.63) is 0 Å². The van der Waals surface area contributed by atoms with Gasteiger partial charge in [-0.25, -0.2) is 0 Å². The Morgan fingerprint density at radius 3 is 1.77 bits per heavy atom. The first-order valence-corrected chi connectivity index (χ1v) is 7.07. The van der Waals surface area contributed by atoms with Crippen LogP contribution < -0.4 is 0 Å². The molecule has 0 aromatic rings. The molecule has 9 heteroatoms. The summed E-state index contributed by atoms with van der Waals surface area (Å²) >= 11 is 3.23. The van der Waals surface area contributed by atoms with Gasteiger partial charge in [0.05, 0.1) is 27.8 Å². The molecule has 0 spiro atoms. The molecule has 0 heterocycles. The summed E-state index contributed by atoms with van der Waals surface area (Å²) in [4.78, 5) is 36.5. The molecule has 8 nitrogen and oxygen atoms in total. The van der Waals surface area contributed by atoms with Gasteiger partial charge in [0.1, 0.15) is 5.41 Å². The van der Waals surface area contributed by atoms with Crippen LogP contribution in [-0.4, -0.2) is 63.6 Å². The third-order valence-corrected chi connectivity index (χ3v) is 5.78. The maximum atomic E-state index is 12.4. The first kappa shape index (κ1) is 18.9. The van der Waals surface area contributed by atoms with Gasteiger partial charge in [0, 0.05) is 20.6 Å². The molecule has 22 heavy (non-hydrogen) atoms. The van der Waals surface area contributed by atoms with E-state index in [2.05, 4.69) is 20.7 Å². The molecule has 0 amide bonds. The van der Waals surface area contributed by atoms with Crippen molar-refractivity contribution in [1.82, 2.24) is 0 Å². The Morgan fingerprint density at radius 1 is 0.909 bits per heavy atom. The molecular formula is C13H19BrO8. The van der Waals surface area contributed by atoms with Gasteiger partial charge in [-0.3, -0.25) is 14.4 Å². The molecule has 0 aliphatic heterocycles. The highest BCUT2D eigenvalue weighted by atomic mass is 79.9. The number of hydrogen-bond donors (Lipinski definition) is 0. The van der Waals surface area contributed by atoms with Crippen LogP contribution in [0, 0.1) is 5.41 Å². The molecular weight excluding hydrogens is 364 g/mol. The standard InChI is InChI=1S/C13H19BrO8/c1-18-8(15)6-11(9(16)19-2)7-12(21-4,22-5)13(11,14)10(17)20-3/h6-7H2,1-5H3. The van der Waals surface area contributed by atoms with Crippen molar-refractivity contribution in [2.45, 2.75) is 23.0 Å². The minimum atomic E-state index is -1.76. The first-order chi connectivity index (χ1) is 10.2. The SMILES string of the molecule is COC(=O)CC1(C(=O)OC)CC(OC)(OC)C1(Br)C(=O)OC. The van der Waals surface area contributed by atoms with Gasteiger partial charge in [0.15, 0.2) is 10.1 Å². The highest BCUT2D eigenvalue weighted by Gasteiger charge is 2.83. The van der Waals surface area contributed by atoms with Gasteiger partial charge >= 0.3 is 17.9 Å². The smallest absolute Gasteiger partial charge is 0.329 e. The van der Waals surface area contributed by atoms with Crippen molar-refractivity contribution in [1.29, 1.82) is 0 Å². The summed E-state index contributed by atoms with van der Waals surface area (Å²) in [7, 11) is 6.13. The fourth-order valence-corrected chi connectivity index (χ4v) is 3.95. The lowest BCUT2D eigenvalue weighted by Crippen LogP contribution is -2.80. The zero-order valence-electron chi connectivity index (χ0n) is 13.1. The average molecular weight is 383 g/mol. The molecule has 1 aliphatic carbocycles. The van der Waals surface area contributed by atoms with Crippen molar-refractivity contribution >= 4 is 33.8 Å². The number of rotatable bonds is 6. The Balaban J connectivity index is 3.47. The molecule has 0 saturated heterocycles. The van der Waals surface area contributed by atoms with Gasteiger partial charge in [-0.05, 0) is 0 Å². The molecule has 0 aromatic carbocycles. The Morgan fingerprint density at radius 2 is 1.41 bits per heavy atom. The van der Waals surface area contributed by atoms with Gasteiger partial charge in [-0.15, -0.1) is 0 Å². The van der Waals surface area contributed by atoms with Crippen molar-refractivity contribution < 1.29 is 38.1 Å². The van der Waals surface area contributed by atoms with Crippen LogP contribution in [0.1, 0.15) is 12.8 Å². The summed E-state index contributed by atoms with van der Waals surface area (Å²) in [6, 6.07) is 0. The molecule has 0 N–H and O–H groups in total. The molecule has 0 aromatic heterocycles. The average Bonchev–Trinajstić information content (AvgIpc) is 2.55. The summed E-state index contributed by atoms with van der Waals surface area (Å²) in [5.41, 5.74) is -1.58. The summed E-state index contributed by atoms with van der Waals surface area (Å²) in [5.74, 6) is -3.76. The van der Waals surface area contributed by atoms with Crippen LogP contribution >= 0.6 is 15.9 Å². The van der Waals surface area contributed by atoms with Crippen LogP contribution in [0.3, 0.4) is 0 Å². The predicted molar refractivity (Wildman–Crippen MR) is 76.1 cm³/mol. The molecule has 0 bridgehead atoms. The molecule has 1 rings (SSSR count). The lowest BCUT2D eigenvalue weighted by atomic mass is 9.53. The maximum absolute atomic E-state index is 12.4. The van der Waals surface area contributed by atoms with E-state index >= 15 is 0 Å². The van der Waals surface area contributed by atoms with E-state index in [1.807, 2.05) is 0 Å². The summed E-state index contributed by atoms with van der Waals surface area (Å²) in [6.45, 7) is 0. The minimum Gasteiger partial charge on any atom is -0.469 e. The molecule has 2 atom stereocenters. The summed E-state index contributed by atoms with van der Waals surface area (Å²) in [6.07, 6.45) is -0.486. The summed E-state index contributed by atoms with van der Waals surface area (Å²) < 4.78 is 23.0. The van der Waals surface area contributed by atoms with Crippen molar-refractivity contribution in [3.8, 4) is 0 Å². The van der Waals surface area contributed by atoms with Gasteiger partial charge in [0.25, 0.3) is 0 Å². The maximum Gasteiger partial charge on any atom is 0.329 e. The van der Waals surface area contributed by atoms with Gasteiger partial charge in [0.2, 0.25) is 0 Å². The monoisotopic (exact) mass is 382 g/mol. The molecule has 1 aliphatic rings. The number of esters is 3. The third-order valence-electron chi connectivity index (χ3n) is 4.09. The van der Waals surface area contributed by atoms with E-state index in [0.717, 1.165) is 14.2 Å². The zero-order chi connectivity index (χ0) is 17.2. The Labute approximate surface area is 136 Å². The molecule has 126 valence electrons. The Kier molecular flexibility index (Phi) is 5.58. The lowest BCUT2D eigenvalue weighted by Gasteiger charge is -2.61. The quantitative estimate of drug-likeness (QED) is 0.282. The van der Waals surface area contributed by atoms with Crippen LogP contribution in [0.2, 0.25) is 0 Å². The van der Waals surface area contributed by atoms with Crippen LogP contribution in [0.15, 0.2) is 0 Å². The van der Waals surface area contributed by atoms with Crippen molar-refractivity contribution in [2.24, 2.45) is 5.41 Å². The highest BCUT2D eigenvalue weighted by molar-refractivity contribution is 9.10. The number of alkyl halides is 1. The van der Waals surface area contributed by atoms with Crippen LogP contribution in [0.4, 0.5) is 0 Å². The normalized spacial score (nSPS) is 29.2.